The molecule has 2 rings (SSSR count). The number of nitrogens with one attached hydrogen (secondary N) is 1. The average molecular weight is 331 g/mol. The Hall–Kier alpha value is -2.63. The van der Waals surface area contributed by atoms with Crippen molar-refractivity contribution in [2.45, 2.75) is 39.7 Å². The molecule has 24 heavy (non-hydrogen) atoms. The molecule has 6 heteroatoms. The Morgan fingerprint density at radius 2 is 1.92 bits per heavy atom. The fourth-order valence-corrected chi connectivity index (χ4v) is 2.34. The van der Waals surface area contributed by atoms with Gasteiger partial charge in [-0.2, -0.15) is 0 Å². The number of carbonyl (C=O) groups is 2. The lowest BCUT2D eigenvalue weighted by atomic mass is 10.1. The van der Waals surface area contributed by atoms with Crippen LogP contribution in [0.4, 0.5) is 0 Å². The molecule has 0 fully saturated rings. The van der Waals surface area contributed by atoms with Crippen LogP contribution in [0.3, 0.4) is 0 Å². The lowest BCUT2D eigenvalue weighted by Gasteiger charge is -2.14. The van der Waals surface area contributed by atoms with Crippen LogP contribution in [0.15, 0.2) is 33.5 Å². The largest absolute Gasteiger partial charge is 0.450 e. The smallest absolute Gasteiger partial charge is 0.374 e. The van der Waals surface area contributed by atoms with Gasteiger partial charge in [0.1, 0.15) is 5.58 Å². The molecule has 0 aliphatic rings. The van der Waals surface area contributed by atoms with E-state index in [1.807, 2.05) is 20.8 Å². The van der Waals surface area contributed by atoms with Crippen LogP contribution in [-0.4, -0.2) is 24.5 Å². The molecule has 1 aromatic carbocycles. The minimum atomic E-state index is -0.839. The minimum absolute atomic E-state index is 0.0537. The number of rotatable bonds is 6. The molecule has 0 spiro atoms. The van der Waals surface area contributed by atoms with Crippen molar-refractivity contribution >= 4 is 22.8 Å². The highest BCUT2D eigenvalue weighted by molar-refractivity contribution is 5.90. The Kier molecular flexibility index (Phi) is 5.73. The normalized spacial score (nSPS) is 10.8. The molecule has 0 aliphatic carbocycles. The Balaban J connectivity index is 2.08. The fraction of sp³-hybridized carbons (Fsp3) is 0.389. The van der Waals surface area contributed by atoms with Gasteiger partial charge in [-0.05, 0) is 31.9 Å². The highest BCUT2D eigenvalue weighted by Crippen LogP contribution is 2.14. The molecule has 0 saturated carbocycles. The second kappa shape index (κ2) is 7.77. The van der Waals surface area contributed by atoms with Gasteiger partial charge in [-0.3, -0.25) is 9.59 Å². The van der Waals surface area contributed by atoms with E-state index in [0.29, 0.717) is 11.0 Å². The third-order valence-corrected chi connectivity index (χ3v) is 3.77. The van der Waals surface area contributed by atoms with Crippen molar-refractivity contribution in [2.24, 2.45) is 0 Å². The van der Waals surface area contributed by atoms with Gasteiger partial charge >= 0.3 is 5.97 Å². The summed E-state index contributed by atoms with van der Waals surface area (Å²) in [5, 5.41) is 3.16. The SMILES string of the molecule is CCC(CC)NC(=O)COC(=O)c1cc(=O)c2cc(C)ccc2o1. The molecule has 128 valence electrons. The Labute approximate surface area is 139 Å². The van der Waals surface area contributed by atoms with E-state index >= 15 is 0 Å². The summed E-state index contributed by atoms with van der Waals surface area (Å²) < 4.78 is 10.3. The number of benzene rings is 1. The summed E-state index contributed by atoms with van der Waals surface area (Å²) >= 11 is 0. The maximum atomic E-state index is 12.1. The first-order valence-corrected chi connectivity index (χ1v) is 7.95. The predicted molar refractivity (Wildman–Crippen MR) is 90.0 cm³/mol. The first-order chi connectivity index (χ1) is 11.4. The quantitative estimate of drug-likeness (QED) is 0.822. The summed E-state index contributed by atoms with van der Waals surface area (Å²) in [7, 11) is 0. The molecular weight excluding hydrogens is 310 g/mol. The van der Waals surface area contributed by atoms with Crippen LogP contribution in [0.5, 0.6) is 0 Å². The van der Waals surface area contributed by atoms with E-state index < -0.39 is 12.6 Å². The molecule has 6 nitrogen and oxygen atoms in total. The van der Waals surface area contributed by atoms with E-state index in [9.17, 15) is 14.4 Å². The van der Waals surface area contributed by atoms with Gasteiger partial charge in [0, 0.05) is 12.1 Å². The summed E-state index contributed by atoms with van der Waals surface area (Å²) in [6.07, 6.45) is 1.60. The van der Waals surface area contributed by atoms with Crippen molar-refractivity contribution in [3.8, 4) is 0 Å². The zero-order chi connectivity index (χ0) is 17.7. The summed E-state index contributed by atoms with van der Waals surface area (Å²) in [5.41, 5.74) is 0.901. The van der Waals surface area contributed by atoms with Gasteiger partial charge in [0.05, 0.1) is 5.39 Å². The maximum Gasteiger partial charge on any atom is 0.374 e. The number of aryl methyl sites for hydroxylation is 1. The first kappa shape index (κ1) is 17.7. The Bertz CT molecular complexity index is 805. The number of esters is 1. The van der Waals surface area contributed by atoms with Gasteiger partial charge in [0.15, 0.2) is 12.0 Å². The van der Waals surface area contributed by atoms with Gasteiger partial charge in [-0.1, -0.05) is 25.5 Å². The van der Waals surface area contributed by atoms with Crippen molar-refractivity contribution in [3.05, 3.63) is 45.8 Å². The van der Waals surface area contributed by atoms with Gasteiger partial charge < -0.3 is 14.5 Å². The zero-order valence-corrected chi connectivity index (χ0v) is 14.0. The van der Waals surface area contributed by atoms with Crippen molar-refractivity contribution in [1.29, 1.82) is 0 Å². The van der Waals surface area contributed by atoms with Gasteiger partial charge in [-0.25, -0.2) is 4.79 Å². The lowest BCUT2D eigenvalue weighted by Crippen LogP contribution is -2.36. The number of hydrogen-bond acceptors (Lipinski definition) is 5. The van der Waals surface area contributed by atoms with Gasteiger partial charge in [0.25, 0.3) is 5.91 Å². The summed E-state index contributed by atoms with van der Waals surface area (Å²) in [6.45, 7) is 5.38. The van der Waals surface area contributed by atoms with Crippen molar-refractivity contribution < 1.29 is 18.7 Å². The molecule has 1 N–H and O–H groups in total. The van der Waals surface area contributed by atoms with Gasteiger partial charge in [-0.15, -0.1) is 0 Å². The third-order valence-electron chi connectivity index (χ3n) is 3.77. The molecule has 0 aliphatic heterocycles. The molecule has 0 unspecified atom stereocenters. The molecule has 0 saturated heterocycles. The highest BCUT2D eigenvalue weighted by Gasteiger charge is 2.16. The molecule has 0 radical (unpaired) electrons. The molecule has 1 aromatic heterocycles. The van der Waals surface area contributed by atoms with E-state index in [2.05, 4.69) is 5.32 Å². The highest BCUT2D eigenvalue weighted by atomic mass is 16.5. The van der Waals surface area contributed by atoms with E-state index in [4.69, 9.17) is 9.15 Å². The van der Waals surface area contributed by atoms with Crippen LogP contribution >= 0.6 is 0 Å². The molecular formula is C18H21NO5. The number of fused-ring (bicyclic) bond motifs is 1. The molecule has 2 aromatic rings. The van der Waals surface area contributed by atoms with Crippen molar-refractivity contribution in [3.63, 3.8) is 0 Å². The van der Waals surface area contributed by atoms with Crippen LogP contribution in [0.1, 0.15) is 42.8 Å². The lowest BCUT2D eigenvalue weighted by molar-refractivity contribution is -0.125. The zero-order valence-electron chi connectivity index (χ0n) is 14.0. The van der Waals surface area contributed by atoms with Gasteiger partial charge in [0.2, 0.25) is 5.76 Å². The Morgan fingerprint density at radius 3 is 2.58 bits per heavy atom. The van der Waals surface area contributed by atoms with Crippen molar-refractivity contribution in [1.82, 2.24) is 5.32 Å². The average Bonchev–Trinajstić information content (AvgIpc) is 2.57. The fourth-order valence-electron chi connectivity index (χ4n) is 2.34. The minimum Gasteiger partial charge on any atom is -0.450 e. The van der Waals surface area contributed by atoms with Crippen LogP contribution in [0.25, 0.3) is 11.0 Å². The second-order valence-electron chi connectivity index (χ2n) is 5.63. The molecule has 1 amide bonds. The summed E-state index contributed by atoms with van der Waals surface area (Å²) in [6, 6.07) is 6.24. The maximum absolute atomic E-state index is 12.1. The summed E-state index contributed by atoms with van der Waals surface area (Å²) in [4.78, 5) is 35.8. The standard InChI is InChI=1S/C18H21NO5/c1-4-12(5-2)19-17(21)10-23-18(22)16-9-14(20)13-8-11(3)6-7-15(13)24-16/h6-9,12H,4-5,10H2,1-3H3,(H,19,21). The van der Waals surface area contributed by atoms with Crippen molar-refractivity contribution in [2.75, 3.05) is 6.61 Å². The van der Waals surface area contributed by atoms with Crippen LogP contribution < -0.4 is 10.7 Å². The predicted octanol–water partition coefficient (Wildman–Crippen LogP) is 2.56. The molecule has 1 heterocycles. The first-order valence-electron chi connectivity index (χ1n) is 7.95. The van der Waals surface area contributed by atoms with E-state index in [0.717, 1.165) is 24.5 Å². The topological polar surface area (TPSA) is 85.6 Å². The number of ether oxygens (including phenoxy) is 1. The van der Waals surface area contributed by atoms with Crippen LogP contribution in [-0.2, 0) is 9.53 Å². The monoisotopic (exact) mass is 331 g/mol. The molecule has 0 atom stereocenters. The summed E-state index contributed by atoms with van der Waals surface area (Å²) in [5.74, 6) is -1.43. The second-order valence-corrected chi connectivity index (χ2v) is 5.63. The number of hydrogen-bond donors (Lipinski definition) is 1. The van der Waals surface area contributed by atoms with Crippen LogP contribution in [0, 0.1) is 6.92 Å². The molecule has 0 bridgehead atoms. The van der Waals surface area contributed by atoms with E-state index in [1.54, 1.807) is 18.2 Å². The number of amides is 1. The number of carbonyl (C=O) groups excluding carboxylic acids is 2. The van der Waals surface area contributed by atoms with E-state index in [-0.39, 0.29) is 23.1 Å². The Morgan fingerprint density at radius 1 is 1.21 bits per heavy atom. The third kappa shape index (κ3) is 4.22. The van der Waals surface area contributed by atoms with E-state index in [1.165, 1.54) is 0 Å². The van der Waals surface area contributed by atoms with Crippen LogP contribution in [0.2, 0.25) is 0 Å².